The Kier molecular flexibility index (Phi) is 5.67. The first-order chi connectivity index (χ1) is 25.7. The quantitative estimate of drug-likeness (QED) is 0.173. The molecule has 8 aromatic rings. The largest absolute Gasteiger partial charge is 0.453 e. The van der Waals surface area contributed by atoms with E-state index in [1.165, 1.54) is 42.4 Å². The van der Waals surface area contributed by atoms with Gasteiger partial charge in [-0.25, -0.2) is 0 Å². The van der Waals surface area contributed by atoms with Crippen molar-refractivity contribution in [3.05, 3.63) is 169 Å². The Bertz CT molecular complexity index is 2780. The van der Waals surface area contributed by atoms with Crippen molar-refractivity contribution in [2.24, 2.45) is 0 Å². The summed E-state index contributed by atoms with van der Waals surface area (Å²) >= 11 is 1.84. The van der Waals surface area contributed by atoms with Crippen molar-refractivity contribution >= 4 is 65.6 Å². The van der Waals surface area contributed by atoms with Crippen molar-refractivity contribution in [3.8, 4) is 34.1 Å². The number of para-hydroxylation sites is 4. The zero-order valence-electron chi connectivity index (χ0n) is 28.0. The molecule has 3 heterocycles. The Balaban J connectivity index is 1.13. The Morgan fingerprint density at radius 1 is 0.577 bits per heavy atom. The van der Waals surface area contributed by atoms with Crippen LogP contribution in [0.25, 0.3) is 31.3 Å². The van der Waals surface area contributed by atoms with Gasteiger partial charge in [0.25, 0.3) is 0 Å². The number of fused-ring (bicyclic) bond motifs is 12. The molecule has 5 heteroatoms. The zero-order valence-corrected chi connectivity index (χ0v) is 28.9. The monoisotopic (exact) mass is 686 g/mol. The Morgan fingerprint density at radius 2 is 1.27 bits per heavy atom. The van der Waals surface area contributed by atoms with Gasteiger partial charge in [-0.3, -0.25) is 4.90 Å². The molecule has 246 valence electrons. The Morgan fingerprint density at radius 3 is 2.06 bits per heavy atom. The van der Waals surface area contributed by atoms with E-state index >= 15 is 0 Å². The maximum Gasteiger partial charge on any atom is 0.157 e. The van der Waals surface area contributed by atoms with Gasteiger partial charge in [-0.2, -0.15) is 0 Å². The molecule has 1 unspecified atom stereocenters. The molecule has 0 fully saturated rings. The summed E-state index contributed by atoms with van der Waals surface area (Å²) in [4.78, 5) is 4.71. The zero-order chi connectivity index (χ0) is 34.0. The lowest BCUT2D eigenvalue weighted by Crippen LogP contribution is -2.21. The molecule has 1 spiro atoms. The average Bonchev–Trinajstić information content (AvgIpc) is 3.91. The molecule has 0 N–H and O–H groups in total. The molecule has 52 heavy (non-hydrogen) atoms. The van der Waals surface area contributed by atoms with E-state index < -0.39 is 0 Å². The summed E-state index contributed by atoms with van der Waals surface area (Å²) in [5.41, 5.74) is 11.4. The summed E-state index contributed by atoms with van der Waals surface area (Å²) in [6.07, 6.45) is 6.96. The van der Waals surface area contributed by atoms with Crippen molar-refractivity contribution in [3.63, 3.8) is 0 Å². The van der Waals surface area contributed by atoms with Gasteiger partial charge in [0.2, 0.25) is 0 Å². The van der Waals surface area contributed by atoms with E-state index in [0.717, 1.165) is 70.0 Å². The van der Waals surface area contributed by atoms with E-state index in [-0.39, 0.29) is 5.41 Å². The molecule has 4 nitrogen and oxygen atoms in total. The third-order valence-corrected chi connectivity index (χ3v) is 12.5. The molecular formula is C47H30N2O2S. The van der Waals surface area contributed by atoms with Crippen molar-refractivity contribution in [2.45, 2.75) is 18.3 Å². The highest BCUT2D eigenvalue weighted by atomic mass is 32.1. The van der Waals surface area contributed by atoms with Crippen LogP contribution in [0.5, 0.6) is 23.0 Å². The molecular weight excluding hydrogens is 657 g/mol. The van der Waals surface area contributed by atoms with Crippen LogP contribution < -0.4 is 19.3 Å². The van der Waals surface area contributed by atoms with Crippen molar-refractivity contribution in [2.75, 3.05) is 9.80 Å². The van der Waals surface area contributed by atoms with Gasteiger partial charge in [0.1, 0.15) is 5.69 Å². The van der Waals surface area contributed by atoms with Gasteiger partial charge in [-0.1, -0.05) is 91.0 Å². The number of hydrogen-bond acceptors (Lipinski definition) is 5. The van der Waals surface area contributed by atoms with Crippen LogP contribution >= 0.6 is 11.3 Å². The number of hydrogen-bond donors (Lipinski definition) is 0. The van der Waals surface area contributed by atoms with Crippen molar-refractivity contribution < 1.29 is 9.47 Å². The summed E-state index contributed by atoms with van der Waals surface area (Å²) < 4.78 is 16.1. The number of nitrogens with zero attached hydrogens (tertiary/aromatic N) is 2. The summed E-state index contributed by atoms with van der Waals surface area (Å²) in [6.45, 7) is 0. The van der Waals surface area contributed by atoms with Crippen LogP contribution in [0.4, 0.5) is 34.1 Å². The molecule has 7 aromatic carbocycles. The Labute approximate surface area is 305 Å². The van der Waals surface area contributed by atoms with E-state index in [1.807, 2.05) is 35.6 Å². The molecule has 0 saturated carbocycles. The number of ether oxygens (including phenoxy) is 2. The lowest BCUT2D eigenvalue weighted by atomic mass is 9.78. The topological polar surface area (TPSA) is 24.9 Å². The van der Waals surface area contributed by atoms with Gasteiger partial charge in [-0.05, 0) is 89.7 Å². The summed E-state index contributed by atoms with van der Waals surface area (Å²) in [6, 6.07) is 52.4. The van der Waals surface area contributed by atoms with Crippen LogP contribution in [0.2, 0.25) is 0 Å². The number of anilines is 6. The predicted molar refractivity (Wildman–Crippen MR) is 213 cm³/mol. The van der Waals surface area contributed by atoms with Gasteiger partial charge >= 0.3 is 0 Å². The van der Waals surface area contributed by atoms with Crippen LogP contribution in [0.1, 0.15) is 24.0 Å². The molecule has 4 aliphatic rings. The van der Waals surface area contributed by atoms with Gasteiger partial charge < -0.3 is 14.4 Å². The van der Waals surface area contributed by atoms with Gasteiger partial charge in [0.05, 0.1) is 22.7 Å². The standard InChI is InChI=1S/C47H30N2O2S/c1-3-14-34-31(12-1)32-23-22-29(26-35(32)47(34)24-9-10-25-47)48(38-17-11-21-44-45(38)33-13-2-8-20-43(33)52-44)30-27-41-46-42(28-30)51-40-19-7-5-16-37(40)49(46)36-15-4-6-18-39(36)50-41/h1-9,11-24,26-28H,10,25H2. The molecule has 2 aliphatic heterocycles. The first kappa shape index (κ1) is 28.4. The van der Waals surface area contributed by atoms with Crippen LogP contribution in [-0.4, -0.2) is 0 Å². The number of allylic oxidation sites excluding steroid dienone is 2. The second-order valence-corrected chi connectivity index (χ2v) is 15.1. The van der Waals surface area contributed by atoms with Crippen molar-refractivity contribution in [1.29, 1.82) is 0 Å². The van der Waals surface area contributed by atoms with Crippen LogP contribution in [-0.2, 0) is 5.41 Å². The molecule has 0 radical (unpaired) electrons. The van der Waals surface area contributed by atoms with Gasteiger partial charge in [0, 0.05) is 43.4 Å². The summed E-state index contributed by atoms with van der Waals surface area (Å²) in [7, 11) is 0. The number of thiophene rings is 1. The SMILES string of the molecule is C1=CC2(CC1)c1ccccc1-c1ccc(N(c3cc4c5c(c3)Oc3ccccc3N5c3ccccc3O4)c3cccc4sc5ccccc5c34)cc12. The minimum absolute atomic E-state index is 0.128. The fraction of sp³-hybridized carbons (Fsp3) is 0.0638. The highest BCUT2D eigenvalue weighted by molar-refractivity contribution is 7.26. The first-order valence-corrected chi connectivity index (χ1v) is 18.7. The maximum atomic E-state index is 6.78. The van der Waals surface area contributed by atoms with E-state index in [4.69, 9.17) is 9.47 Å². The van der Waals surface area contributed by atoms with Gasteiger partial charge in [0.15, 0.2) is 23.0 Å². The number of rotatable bonds is 3. The Hall–Kier alpha value is -6.30. The lowest BCUT2D eigenvalue weighted by Gasteiger charge is -2.39. The molecule has 1 aromatic heterocycles. The average molecular weight is 687 g/mol. The smallest absolute Gasteiger partial charge is 0.157 e. The van der Waals surface area contributed by atoms with Gasteiger partial charge in [-0.15, -0.1) is 11.3 Å². The molecule has 12 rings (SSSR count). The highest BCUT2D eigenvalue weighted by Crippen LogP contribution is 2.62. The first-order valence-electron chi connectivity index (χ1n) is 17.9. The molecule has 1 atom stereocenters. The molecule has 0 saturated heterocycles. The predicted octanol–water partition coefficient (Wildman–Crippen LogP) is 13.8. The summed E-state index contributed by atoms with van der Waals surface area (Å²) in [5, 5.41) is 2.50. The normalized spacial score (nSPS) is 17.0. The second kappa shape index (κ2) is 10.4. The van der Waals surface area contributed by atoms with Crippen LogP contribution in [0.3, 0.4) is 0 Å². The lowest BCUT2D eigenvalue weighted by molar-refractivity contribution is 0.446. The highest BCUT2D eigenvalue weighted by Gasteiger charge is 2.43. The molecule has 2 aliphatic carbocycles. The fourth-order valence-electron chi connectivity index (χ4n) is 9.16. The maximum absolute atomic E-state index is 6.78. The van der Waals surface area contributed by atoms with Crippen LogP contribution in [0, 0.1) is 0 Å². The molecule has 0 amide bonds. The van der Waals surface area contributed by atoms with E-state index in [1.54, 1.807) is 0 Å². The third kappa shape index (κ3) is 3.75. The van der Waals surface area contributed by atoms with Crippen molar-refractivity contribution in [1.82, 2.24) is 0 Å². The minimum Gasteiger partial charge on any atom is -0.453 e. The van der Waals surface area contributed by atoms with Crippen LogP contribution in [0.15, 0.2) is 158 Å². The van der Waals surface area contributed by atoms with E-state index in [0.29, 0.717) is 0 Å². The third-order valence-electron chi connectivity index (χ3n) is 11.3. The minimum atomic E-state index is -0.128. The summed E-state index contributed by atoms with van der Waals surface area (Å²) in [5.74, 6) is 3.16. The van der Waals surface area contributed by atoms with E-state index in [9.17, 15) is 0 Å². The fourth-order valence-corrected chi connectivity index (χ4v) is 10.3. The van der Waals surface area contributed by atoms with E-state index in [2.05, 4.69) is 143 Å². The second-order valence-electron chi connectivity index (χ2n) is 14.0. The number of benzene rings is 7. The molecule has 0 bridgehead atoms.